The van der Waals surface area contributed by atoms with Crippen molar-refractivity contribution in [1.29, 1.82) is 0 Å². The maximum atomic E-state index is 15.1. The smallest absolute Gasteiger partial charge is 0.449 e. The Kier molecular flexibility index (Phi) is 4.71. The van der Waals surface area contributed by atoms with E-state index < -0.39 is 17.4 Å². The van der Waals surface area contributed by atoms with E-state index in [1.807, 2.05) is 18.7 Å². The number of hydrogen-bond acceptors (Lipinski definition) is 5. The van der Waals surface area contributed by atoms with Crippen molar-refractivity contribution in [2.75, 3.05) is 18.0 Å². The average Bonchev–Trinajstić information content (AvgIpc) is 3.41. The molecule has 1 saturated carbocycles. The molecule has 0 amide bonds. The summed E-state index contributed by atoms with van der Waals surface area (Å²) in [4.78, 5) is 25.5. The Morgan fingerprint density at radius 3 is 2.54 bits per heavy atom. The van der Waals surface area contributed by atoms with E-state index in [-0.39, 0.29) is 40.0 Å². The van der Waals surface area contributed by atoms with Crippen LogP contribution in [-0.4, -0.2) is 41.0 Å². The number of nitrogens with zero attached hydrogens (tertiary/aromatic N) is 2. The summed E-state index contributed by atoms with van der Waals surface area (Å²) in [5, 5.41) is 12.5. The number of nitrogens with one attached hydrogen (secondary N) is 1. The number of carboxylic acid groups (broad SMARTS) is 1. The van der Waals surface area contributed by atoms with Crippen LogP contribution in [0.5, 0.6) is 5.75 Å². The highest BCUT2D eigenvalue weighted by Gasteiger charge is 2.31. The van der Waals surface area contributed by atoms with E-state index in [1.54, 1.807) is 4.57 Å². The molecule has 1 aliphatic carbocycles. The number of halogens is 2. The molecule has 1 aromatic heterocycles. The van der Waals surface area contributed by atoms with Gasteiger partial charge in [-0.25, -0.2) is 9.18 Å². The van der Waals surface area contributed by atoms with Gasteiger partial charge in [0.05, 0.1) is 27.8 Å². The average molecular weight is 410 g/mol. The fraction of sp³-hybridized carbons (Fsp3) is 0.474. The Morgan fingerprint density at radius 2 is 1.96 bits per heavy atom. The van der Waals surface area contributed by atoms with E-state index >= 15 is 4.39 Å². The van der Waals surface area contributed by atoms with Gasteiger partial charge in [0.1, 0.15) is 5.82 Å². The van der Waals surface area contributed by atoms with Crippen molar-refractivity contribution in [2.45, 2.75) is 44.8 Å². The molecule has 1 aromatic carbocycles. The first-order valence-corrected chi connectivity index (χ1v) is 9.62. The van der Waals surface area contributed by atoms with E-state index in [9.17, 15) is 9.59 Å². The van der Waals surface area contributed by atoms with Gasteiger partial charge in [-0.3, -0.25) is 4.79 Å². The summed E-state index contributed by atoms with van der Waals surface area (Å²) in [6.07, 6.45) is 1.52. The first-order chi connectivity index (χ1) is 13.3. The van der Waals surface area contributed by atoms with Gasteiger partial charge in [-0.1, -0.05) is 11.6 Å². The predicted molar refractivity (Wildman–Crippen MR) is 104 cm³/mol. The molecule has 2 heterocycles. The lowest BCUT2D eigenvalue weighted by Crippen LogP contribution is -2.54. The van der Waals surface area contributed by atoms with E-state index in [2.05, 4.69) is 10.1 Å². The summed E-state index contributed by atoms with van der Waals surface area (Å²) < 4.78 is 21.5. The highest BCUT2D eigenvalue weighted by Crippen LogP contribution is 2.43. The maximum Gasteiger partial charge on any atom is 0.511 e. The van der Waals surface area contributed by atoms with Crippen molar-refractivity contribution in [3.8, 4) is 5.75 Å². The van der Waals surface area contributed by atoms with Crippen molar-refractivity contribution < 1.29 is 19.0 Å². The molecule has 2 atom stereocenters. The number of rotatable bonds is 3. The third-order valence-corrected chi connectivity index (χ3v) is 5.52. The van der Waals surface area contributed by atoms with Crippen LogP contribution in [-0.2, 0) is 0 Å². The third kappa shape index (κ3) is 3.31. The van der Waals surface area contributed by atoms with Gasteiger partial charge in [0.15, 0.2) is 5.75 Å². The SMILES string of the molecule is C[C@@H]1CN(c2c(F)cc3c(=O)c(OC(=O)O)cn(C4CC4)c3c2Cl)C[C@H](C)N1. The minimum atomic E-state index is -1.59. The number of anilines is 1. The number of carbonyl (C=O) groups is 1. The molecule has 0 spiro atoms. The van der Waals surface area contributed by atoms with Gasteiger partial charge in [-0.05, 0) is 32.8 Å². The fourth-order valence-corrected chi connectivity index (χ4v) is 4.42. The topological polar surface area (TPSA) is 83.8 Å². The van der Waals surface area contributed by atoms with Gasteiger partial charge in [0.25, 0.3) is 0 Å². The van der Waals surface area contributed by atoms with Crippen LogP contribution in [0.3, 0.4) is 0 Å². The van der Waals surface area contributed by atoms with Crippen LogP contribution in [0.2, 0.25) is 5.02 Å². The lowest BCUT2D eigenvalue weighted by atomic mass is 10.1. The monoisotopic (exact) mass is 409 g/mol. The quantitative estimate of drug-likeness (QED) is 0.756. The van der Waals surface area contributed by atoms with Gasteiger partial charge in [-0.15, -0.1) is 0 Å². The van der Waals surface area contributed by atoms with Crippen molar-refractivity contribution in [3.05, 3.63) is 33.3 Å². The molecule has 2 fully saturated rings. The number of pyridine rings is 1. The Hall–Kier alpha value is -2.32. The summed E-state index contributed by atoms with van der Waals surface area (Å²) in [5.74, 6) is -0.953. The van der Waals surface area contributed by atoms with Crippen LogP contribution in [0.25, 0.3) is 10.9 Å². The van der Waals surface area contributed by atoms with Crippen molar-refractivity contribution in [1.82, 2.24) is 9.88 Å². The third-order valence-electron chi connectivity index (χ3n) is 5.16. The van der Waals surface area contributed by atoms with Crippen LogP contribution in [0, 0.1) is 5.82 Å². The van der Waals surface area contributed by atoms with Crippen molar-refractivity contribution in [2.24, 2.45) is 0 Å². The molecule has 9 heteroatoms. The molecule has 1 aliphatic heterocycles. The molecule has 0 radical (unpaired) electrons. The molecule has 7 nitrogen and oxygen atoms in total. The Balaban J connectivity index is 1.94. The first kappa shape index (κ1) is 19.0. The zero-order chi connectivity index (χ0) is 20.2. The number of benzene rings is 1. The zero-order valence-electron chi connectivity index (χ0n) is 15.5. The Labute approximate surface area is 165 Å². The molecule has 2 aromatic rings. The minimum Gasteiger partial charge on any atom is -0.449 e. The second kappa shape index (κ2) is 6.93. The number of piperazine rings is 1. The van der Waals surface area contributed by atoms with Gasteiger partial charge in [0, 0.05) is 31.2 Å². The highest BCUT2D eigenvalue weighted by molar-refractivity contribution is 6.38. The largest absolute Gasteiger partial charge is 0.511 e. The maximum absolute atomic E-state index is 15.1. The minimum absolute atomic E-state index is 0.0214. The molecule has 28 heavy (non-hydrogen) atoms. The van der Waals surface area contributed by atoms with Crippen LogP contribution < -0.4 is 20.4 Å². The normalized spacial score (nSPS) is 22.5. The Bertz CT molecular complexity index is 1010. The van der Waals surface area contributed by atoms with Gasteiger partial charge in [-0.2, -0.15) is 0 Å². The van der Waals surface area contributed by atoms with Crippen molar-refractivity contribution in [3.63, 3.8) is 0 Å². The second-order valence-electron chi connectivity index (χ2n) is 7.62. The molecule has 150 valence electrons. The fourth-order valence-electron chi connectivity index (χ4n) is 4.01. The summed E-state index contributed by atoms with van der Waals surface area (Å²) in [6, 6.07) is 1.54. The van der Waals surface area contributed by atoms with E-state index in [4.69, 9.17) is 16.7 Å². The number of hydrogen-bond donors (Lipinski definition) is 2. The molecule has 1 saturated heterocycles. The molecule has 2 aliphatic rings. The summed E-state index contributed by atoms with van der Waals surface area (Å²) >= 11 is 6.66. The standard InChI is InChI=1S/C19H21ClFN3O4/c1-9-6-23(7-10(2)22-9)17-13(21)5-12-16(15(17)20)24(11-3-4-11)8-14(18(12)25)28-19(26)27/h5,8-11,22H,3-4,6-7H2,1-2H3,(H,26,27)/t9-,10+. The zero-order valence-corrected chi connectivity index (χ0v) is 16.3. The van der Waals surface area contributed by atoms with Crippen LogP contribution in [0.1, 0.15) is 32.7 Å². The molecule has 0 bridgehead atoms. The highest BCUT2D eigenvalue weighted by atomic mass is 35.5. The molecule has 0 unspecified atom stereocenters. The Morgan fingerprint density at radius 1 is 1.32 bits per heavy atom. The van der Waals surface area contributed by atoms with E-state index in [0.29, 0.717) is 18.6 Å². The number of ether oxygens (including phenoxy) is 1. The number of aromatic nitrogens is 1. The molecule has 4 rings (SSSR count). The number of fused-ring (bicyclic) bond motifs is 1. The summed E-state index contributed by atoms with van der Waals surface area (Å²) in [6.45, 7) is 5.21. The van der Waals surface area contributed by atoms with Crippen LogP contribution in [0.15, 0.2) is 17.1 Å². The molecule has 2 N–H and O–H groups in total. The van der Waals surface area contributed by atoms with Crippen LogP contribution in [0.4, 0.5) is 14.9 Å². The predicted octanol–water partition coefficient (Wildman–Crippen LogP) is 3.37. The van der Waals surface area contributed by atoms with Crippen molar-refractivity contribution >= 4 is 34.3 Å². The van der Waals surface area contributed by atoms with E-state index in [0.717, 1.165) is 18.9 Å². The molecular weight excluding hydrogens is 389 g/mol. The van der Waals surface area contributed by atoms with Gasteiger partial charge >= 0.3 is 6.16 Å². The van der Waals surface area contributed by atoms with Gasteiger partial charge in [0.2, 0.25) is 5.43 Å². The lowest BCUT2D eigenvalue weighted by molar-refractivity contribution is 0.143. The van der Waals surface area contributed by atoms with Crippen LogP contribution >= 0.6 is 11.6 Å². The molecular formula is C19H21ClFN3O4. The second-order valence-corrected chi connectivity index (χ2v) is 8.00. The van der Waals surface area contributed by atoms with Gasteiger partial charge < -0.3 is 24.6 Å². The summed E-state index contributed by atoms with van der Waals surface area (Å²) in [5.41, 5.74) is 0.000843. The van der Waals surface area contributed by atoms with E-state index in [1.165, 1.54) is 6.20 Å². The summed E-state index contributed by atoms with van der Waals surface area (Å²) in [7, 11) is 0. The lowest BCUT2D eigenvalue weighted by Gasteiger charge is -2.38. The first-order valence-electron chi connectivity index (χ1n) is 9.25.